The first-order valence-electron chi connectivity index (χ1n) is 11.0. The van der Waals surface area contributed by atoms with E-state index in [1.54, 1.807) is 0 Å². The van der Waals surface area contributed by atoms with Crippen LogP contribution >= 0.6 is 0 Å². The van der Waals surface area contributed by atoms with E-state index in [1.165, 1.54) is 11.1 Å². The van der Waals surface area contributed by atoms with Gasteiger partial charge in [-0.3, -0.25) is 0 Å². The van der Waals surface area contributed by atoms with Crippen LogP contribution in [0.25, 0.3) is 5.57 Å². The van der Waals surface area contributed by atoms with E-state index in [0.717, 1.165) is 28.2 Å². The molecule has 2 rings (SSSR count). The molecule has 0 heterocycles. The maximum absolute atomic E-state index is 6.37. The van der Waals surface area contributed by atoms with Crippen molar-refractivity contribution in [3.8, 4) is 11.5 Å². The average Bonchev–Trinajstić information content (AvgIpc) is 2.58. The van der Waals surface area contributed by atoms with Crippen LogP contribution < -0.4 is 8.85 Å². The molecule has 0 radical (unpaired) electrons. The van der Waals surface area contributed by atoms with E-state index < -0.39 is 18.1 Å². The van der Waals surface area contributed by atoms with Crippen molar-refractivity contribution in [2.75, 3.05) is 0 Å². The Labute approximate surface area is 187 Å². The first-order valence-corrected chi connectivity index (χ1v) is 16.6. The van der Waals surface area contributed by atoms with E-state index in [0.29, 0.717) is 0 Å². The molecule has 0 aliphatic rings. The minimum absolute atomic E-state index is 0.0718. The van der Waals surface area contributed by atoms with Crippen molar-refractivity contribution in [1.29, 1.82) is 0 Å². The van der Waals surface area contributed by atoms with Gasteiger partial charge in [-0.15, -0.1) is 0 Å². The second-order valence-corrected chi connectivity index (χ2v) is 15.4. The Bertz CT molecular complexity index is 827. The van der Waals surface area contributed by atoms with Crippen LogP contribution in [0.5, 0.6) is 11.5 Å². The topological polar surface area (TPSA) is 18.5 Å². The Balaban J connectivity index is 2.61. The fourth-order valence-corrected chi connectivity index (χ4v) is 4.73. The van der Waals surface area contributed by atoms with E-state index in [-0.39, 0.29) is 10.8 Å². The number of hydrogen-bond donors (Lipinski definition) is 0. The third kappa shape index (κ3) is 6.11. The molecule has 0 aliphatic heterocycles. The Morgan fingerprint density at radius 2 is 1.00 bits per heavy atom. The zero-order chi connectivity index (χ0) is 22.9. The normalized spacial score (nSPS) is 12.4. The van der Waals surface area contributed by atoms with Crippen molar-refractivity contribution in [3.63, 3.8) is 0 Å². The molecule has 2 nitrogen and oxygen atoms in total. The van der Waals surface area contributed by atoms with E-state index >= 15 is 0 Å². The molecule has 0 atom stereocenters. The standard InChI is InChI=1S/C26H40O2Si2/c1-18(21-14-12-19(25(2,3)4)16-23(21)27-29(8)9)22-15-13-20(26(5,6)7)17-24(22)28-30(10)11/h12-17,29-30H,1H2,2-11H3. The van der Waals surface area contributed by atoms with E-state index in [4.69, 9.17) is 8.85 Å². The maximum Gasteiger partial charge on any atom is 0.229 e. The van der Waals surface area contributed by atoms with Crippen molar-refractivity contribution < 1.29 is 8.85 Å². The smallest absolute Gasteiger partial charge is 0.229 e. The summed E-state index contributed by atoms with van der Waals surface area (Å²) in [6, 6.07) is 13.2. The largest absolute Gasteiger partial charge is 0.547 e. The summed E-state index contributed by atoms with van der Waals surface area (Å²) in [6.07, 6.45) is 0. The van der Waals surface area contributed by atoms with Gasteiger partial charge in [0.15, 0.2) is 0 Å². The highest BCUT2D eigenvalue weighted by molar-refractivity contribution is 6.49. The van der Waals surface area contributed by atoms with Gasteiger partial charge in [0, 0.05) is 11.1 Å². The monoisotopic (exact) mass is 440 g/mol. The molecule has 2 aromatic rings. The van der Waals surface area contributed by atoms with Crippen LogP contribution in [0.3, 0.4) is 0 Å². The van der Waals surface area contributed by atoms with Crippen LogP contribution in [-0.2, 0) is 10.8 Å². The molecule has 0 saturated heterocycles. The lowest BCUT2D eigenvalue weighted by Crippen LogP contribution is -2.17. The van der Waals surface area contributed by atoms with Crippen LogP contribution in [-0.4, -0.2) is 18.1 Å². The molecule has 0 fully saturated rings. The minimum atomic E-state index is -1.27. The fourth-order valence-electron chi connectivity index (χ4n) is 3.32. The van der Waals surface area contributed by atoms with Gasteiger partial charge in [0.2, 0.25) is 18.1 Å². The summed E-state index contributed by atoms with van der Waals surface area (Å²) in [5, 5.41) is 0. The quantitative estimate of drug-likeness (QED) is 0.447. The second kappa shape index (κ2) is 9.15. The molecule has 0 aromatic heterocycles. The van der Waals surface area contributed by atoms with Crippen molar-refractivity contribution in [1.82, 2.24) is 0 Å². The van der Waals surface area contributed by atoms with E-state index in [2.05, 4.69) is 111 Å². The molecule has 4 heteroatoms. The molecule has 2 aromatic carbocycles. The number of rotatable bonds is 6. The Morgan fingerprint density at radius 3 is 1.27 bits per heavy atom. The molecule has 30 heavy (non-hydrogen) atoms. The van der Waals surface area contributed by atoms with Crippen molar-refractivity contribution in [2.24, 2.45) is 0 Å². The van der Waals surface area contributed by atoms with Gasteiger partial charge >= 0.3 is 0 Å². The molecule has 0 spiro atoms. The van der Waals surface area contributed by atoms with Crippen LogP contribution in [0.15, 0.2) is 43.0 Å². The lowest BCUT2D eigenvalue weighted by atomic mass is 9.84. The maximum atomic E-state index is 6.37. The highest BCUT2D eigenvalue weighted by atomic mass is 28.3. The minimum Gasteiger partial charge on any atom is -0.547 e. The van der Waals surface area contributed by atoms with Gasteiger partial charge in [-0.1, -0.05) is 72.4 Å². The average molecular weight is 441 g/mol. The Hall–Kier alpha value is -1.79. The van der Waals surface area contributed by atoms with Gasteiger partial charge in [-0.25, -0.2) is 0 Å². The van der Waals surface area contributed by atoms with Gasteiger partial charge in [0.1, 0.15) is 11.5 Å². The van der Waals surface area contributed by atoms with Gasteiger partial charge in [0.05, 0.1) is 0 Å². The summed E-state index contributed by atoms with van der Waals surface area (Å²) in [4.78, 5) is 0. The first kappa shape index (κ1) is 24.5. The van der Waals surface area contributed by atoms with Crippen molar-refractivity contribution in [2.45, 2.75) is 78.6 Å². The lowest BCUT2D eigenvalue weighted by Gasteiger charge is -2.25. The van der Waals surface area contributed by atoms with Gasteiger partial charge in [-0.05, 0) is 65.9 Å². The predicted octanol–water partition coefficient (Wildman–Crippen LogP) is 7.07. The van der Waals surface area contributed by atoms with Crippen LogP contribution in [0.1, 0.15) is 63.8 Å². The number of hydrogen-bond acceptors (Lipinski definition) is 2. The lowest BCUT2D eigenvalue weighted by molar-refractivity contribution is 0.556. The van der Waals surface area contributed by atoms with E-state index in [1.807, 2.05) is 0 Å². The fraction of sp³-hybridized carbons (Fsp3) is 0.462. The highest BCUT2D eigenvalue weighted by Crippen LogP contribution is 2.39. The Morgan fingerprint density at radius 1 is 0.667 bits per heavy atom. The molecule has 0 unspecified atom stereocenters. The SMILES string of the molecule is C=C(c1ccc(C(C)(C)C)cc1O[SiH](C)C)c1ccc(C(C)(C)C)cc1O[SiH](C)C. The van der Waals surface area contributed by atoms with E-state index in [9.17, 15) is 0 Å². The third-order valence-corrected chi connectivity index (χ3v) is 6.52. The predicted molar refractivity (Wildman–Crippen MR) is 137 cm³/mol. The molecule has 0 bridgehead atoms. The molecular weight excluding hydrogens is 400 g/mol. The van der Waals surface area contributed by atoms with Crippen molar-refractivity contribution in [3.05, 3.63) is 65.2 Å². The van der Waals surface area contributed by atoms with Crippen LogP contribution in [0, 0.1) is 0 Å². The molecule has 0 N–H and O–H groups in total. The van der Waals surface area contributed by atoms with Gasteiger partial charge < -0.3 is 8.85 Å². The number of benzene rings is 2. The molecule has 0 aliphatic carbocycles. The third-order valence-electron chi connectivity index (χ3n) is 5.07. The summed E-state index contributed by atoms with van der Waals surface area (Å²) in [5.41, 5.74) is 5.77. The van der Waals surface area contributed by atoms with Crippen molar-refractivity contribution >= 4 is 23.7 Å². The van der Waals surface area contributed by atoms with Crippen LogP contribution in [0.4, 0.5) is 0 Å². The summed E-state index contributed by atoms with van der Waals surface area (Å²) in [7, 11) is -2.53. The first-order chi connectivity index (χ1) is 13.7. The second-order valence-electron chi connectivity index (χ2n) is 10.7. The summed E-state index contributed by atoms with van der Waals surface area (Å²) >= 11 is 0. The summed E-state index contributed by atoms with van der Waals surface area (Å²) in [6.45, 7) is 26.7. The van der Waals surface area contributed by atoms with Gasteiger partial charge in [-0.2, -0.15) is 0 Å². The molecule has 0 amide bonds. The van der Waals surface area contributed by atoms with Gasteiger partial charge in [0.25, 0.3) is 0 Å². The Kier molecular flexibility index (Phi) is 7.47. The highest BCUT2D eigenvalue weighted by Gasteiger charge is 2.22. The summed E-state index contributed by atoms with van der Waals surface area (Å²) < 4.78 is 12.7. The summed E-state index contributed by atoms with van der Waals surface area (Å²) in [5.74, 6) is 1.89. The molecule has 164 valence electrons. The zero-order valence-electron chi connectivity index (χ0n) is 20.6. The molecular formula is C26H40O2Si2. The molecule has 0 saturated carbocycles. The van der Waals surface area contributed by atoms with Crippen LogP contribution in [0.2, 0.25) is 26.2 Å². The zero-order valence-corrected chi connectivity index (χ0v) is 23.0.